The molecule has 1 aliphatic heterocycles. The van der Waals surface area contributed by atoms with E-state index in [2.05, 4.69) is 10.2 Å². The summed E-state index contributed by atoms with van der Waals surface area (Å²) in [6.07, 6.45) is 1.74. The predicted octanol–water partition coefficient (Wildman–Crippen LogP) is 3.04. The van der Waals surface area contributed by atoms with Gasteiger partial charge in [-0.1, -0.05) is 18.2 Å². The Morgan fingerprint density at radius 1 is 1.03 bits per heavy atom. The maximum Gasteiger partial charge on any atom is 0.248 e. The number of fused-ring (bicyclic) bond motifs is 2. The molecule has 0 atom stereocenters. The lowest BCUT2D eigenvalue weighted by molar-refractivity contribution is 0.1000. The van der Waals surface area contributed by atoms with Crippen molar-refractivity contribution in [3.8, 4) is 16.9 Å². The minimum absolute atomic E-state index is 0.0936. The number of primary amides is 1. The van der Waals surface area contributed by atoms with Gasteiger partial charge in [-0.3, -0.25) is 9.89 Å². The Bertz CT molecular complexity index is 1480. The molecule has 9 heteroatoms. The van der Waals surface area contributed by atoms with E-state index in [4.69, 9.17) is 10.5 Å². The van der Waals surface area contributed by atoms with Crippen molar-refractivity contribution in [3.05, 3.63) is 77.5 Å². The lowest BCUT2D eigenvalue weighted by Crippen LogP contribution is -2.26. The van der Waals surface area contributed by atoms with Crippen molar-refractivity contribution >= 4 is 26.8 Å². The Hall–Kier alpha value is -3.69. The molecule has 3 N–H and O–H groups in total. The Morgan fingerprint density at radius 3 is 2.56 bits per heavy atom. The molecular formula is C23H20N4O4S. The zero-order valence-corrected chi connectivity index (χ0v) is 18.0. The highest BCUT2D eigenvalue weighted by Crippen LogP contribution is 2.36. The average Bonchev–Trinajstić information content (AvgIpc) is 3.44. The van der Waals surface area contributed by atoms with Gasteiger partial charge >= 0.3 is 0 Å². The Morgan fingerprint density at radius 2 is 1.78 bits per heavy atom. The molecule has 0 unspecified atom stereocenters. The van der Waals surface area contributed by atoms with E-state index in [1.807, 2.05) is 18.2 Å². The molecule has 5 rings (SSSR count). The molecule has 0 fully saturated rings. The minimum Gasteiger partial charge on any atom is -0.495 e. The van der Waals surface area contributed by atoms with Gasteiger partial charge in [0.05, 0.1) is 18.8 Å². The van der Waals surface area contributed by atoms with Crippen LogP contribution in [0, 0.1) is 0 Å². The maximum atomic E-state index is 13.4. The van der Waals surface area contributed by atoms with Crippen molar-refractivity contribution in [2.75, 3.05) is 7.11 Å². The third kappa shape index (κ3) is 3.31. The monoisotopic (exact) mass is 448 g/mol. The number of nitrogens with two attached hydrogens (primary N) is 1. The number of hydrogen-bond donors (Lipinski definition) is 2. The number of amides is 1. The number of rotatable bonds is 5. The fourth-order valence-corrected chi connectivity index (χ4v) is 5.54. The minimum atomic E-state index is -3.83. The molecule has 1 aromatic heterocycles. The van der Waals surface area contributed by atoms with Crippen LogP contribution in [0.3, 0.4) is 0 Å². The first-order valence-corrected chi connectivity index (χ1v) is 11.3. The first kappa shape index (κ1) is 20.2. The molecule has 4 aromatic rings. The van der Waals surface area contributed by atoms with E-state index in [9.17, 15) is 13.2 Å². The van der Waals surface area contributed by atoms with Crippen molar-refractivity contribution in [2.24, 2.45) is 5.73 Å². The van der Waals surface area contributed by atoms with Gasteiger partial charge in [0.1, 0.15) is 10.6 Å². The van der Waals surface area contributed by atoms with E-state index in [1.165, 1.54) is 11.4 Å². The van der Waals surface area contributed by atoms with Gasteiger partial charge in [0.2, 0.25) is 15.9 Å². The van der Waals surface area contributed by atoms with Crippen LogP contribution in [0.4, 0.5) is 0 Å². The van der Waals surface area contributed by atoms with Crippen LogP contribution in [0.5, 0.6) is 5.75 Å². The second-order valence-electron chi connectivity index (χ2n) is 7.66. The molecule has 2 heterocycles. The molecule has 0 saturated heterocycles. The number of carbonyl (C=O) groups excluding carboxylic acids is 1. The topological polar surface area (TPSA) is 118 Å². The number of nitrogens with zero attached hydrogens (tertiary/aromatic N) is 2. The van der Waals surface area contributed by atoms with E-state index in [-0.39, 0.29) is 23.7 Å². The second-order valence-corrected chi connectivity index (χ2v) is 9.56. The van der Waals surface area contributed by atoms with Crippen molar-refractivity contribution in [1.29, 1.82) is 0 Å². The highest BCUT2D eigenvalue weighted by molar-refractivity contribution is 7.89. The number of hydrogen-bond acceptors (Lipinski definition) is 5. The summed E-state index contributed by atoms with van der Waals surface area (Å²) >= 11 is 0. The molecule has 162 valence electrons. The quantitative estimate of drug-likeness (QED) is 0.486. The Balaban J connectivity index is 1.49. The maximum absolute atomic E-state index is 13.4. The number of ether oxygens (including phenoxy) is 1. The SMILES string of the molecule is COc1cc(-c2ccc3[nH]ncc3c2)ccc1S(=O)(=O)N1Cc2ccc(C(N)=O)cc2C1. The molecule has 0 spiro atoms. The normalized spacial score (nSPS) is 13.9. The molecule has 0 radical (unpaired) electrons. The fraction of sp³-hybridized carbons (Fsp3) is 0.130. The highest BCUT2D eigenvalue weighted by Gasteiger charge is 2.33. The number of methoxy groups -OCH3 is 1. The van der Waals surface area contributed by atoms with Crippen molar-refractivity contribution in [3.63, 3.8) is 0 Å². The summed E-state index contributed by atoms with van der Waals surface area (Å²) in [5, 5.41) is 7.91. The summed E-state index contributed by atoms with van der Waals surface area (Å²) < 4.78 is 33.7. The van der Waals surface area contributed by atoms with Crippen molar-refractivity contribution in [2.45, 2.75) is 18.0 Å². The van der Waals surface area contributed by atoms with E-state index >= 15 is 0 Å². The third-order valence-corrected chi connectivity index (χ3v) is 7.57. The van der Waals surface area contributed by atoms with Crippen molar-refractivity contribution in [1.82, 2.24) is 14.5 Å². The van der Waals surface area contributed by atoms with E-state index in [0.29, 0.717) is 5.56 Å². The molecule has 8 nitrogen and oxygen atoms in total. The van der Waals surface area contributed by atoms with Crippen LogP contribution in [0.1, 0.15) is 21.5 Å². The fourth-order valence-electron chi connectivity index (χ4n) is 4.01. The second kappa shape index (κ2) is 7.47. The lowest BCUT2D eigenvalue weighted by Gasteiger charge is -2.18. The van der Waals surface area contributed by atoms with Gasteiger partial charge in [0.25, 0.3) is 0 Å². The van der Waals surface area contributed by atoms with Crippen molar-refractivity contribution < 1.29 is 17.9 Å². The standard InChI is InChI=1S/C23H20N4O4S/c1-31-21-10-15(14-4-6-20-18(8-14)11-25-26-20)5-7-22(21)32(29,30)27-12-17-3-2-16(23(24)28)9-19(17)13-27/h2-11H,12-13H2,1H3,(H2,24,28)(H,25,26). The number of carbonyl (C=O) groups is 1. The molecular weight excluding hydrogens is 428 g/mol. The lowest BCUT2D eigenvalue weighted by atomic mass is 10.0. The summed E-state index contributed by atoms with van der Waals surface area (Å²) in [5.74, 6) is -0.274. The first-order valence-electron chi connectivity index (χ1n) is 9.90. The van der Waals surface area contributed by atoms with Gasteiger partial charge in [0.15, 0.2) is 0 Å². The van der Waals surface area contributed by atoms with Crippen LogP contribution in [-0.4, -0.2) is 35.9 Å². The number of H-pyrrole nitrogens is 1. The number of nitrogens with one attached hydrogen (secondary N) is 1. The molecule has 0 saturated carbocycles. The molecule has 1 amide bonds. The molecule has 0 bridgehead atoms. The Labute approximate surface area is 184 Å². The van der Waals surface area contributed by atoms with E-state index in [0.717, 1.165) is 33.2 Å². The first-order chi connectivity index (χ1) is 15.4. The van der Waals surface area contributed by atoms with Crippen LogP contribution >= 0.6 is 0 Å². The molecule has 0 aliphatic carbocycles. The van der Waals surface area contributed by atoms with Gasteiger partial charge in [-0.25, -0.2) is 8.42 Å². The van der Waals surface area contributed by atoms with Crippen LogP contribution in [0.2, 0.25) is 0 Å². The van der Waals surface area contributed by atoms with Crippen LogP contribution in [0.25, 0.3) is 22.0 Å². The van der Waals surface area contributed by atoms with Gasteiger partial charge in [-0.15, -0.1) is 0 Å². The predicted molar refractivity (Wildman–Crippen MR) is 119 cm³/mol. The third-order valence-electron chi connectivity index (χ3n) is 5.74. The largest absolute Gasteiger partial charge is 0.495 e. The molecule has 3 aromatic carbocycles. The summed E-state index contributed by atoms with van der Waals surface area (Å²) in [6, 6.07) is 15.9. The zero-order chi connectivity index (χ0) is 22.5. The number of aromatic amines is 1. The van der Waals surface area contributed by atoms with Crippen LogP contribution < -0.4 is 10.5 Å². The summed E-state index contributed by atoms with van der Waals surface area (Å²) in [7, 11) is -2.38. The Kier molecular flexibility index (Phi) is 4.72. The number of benzene rings is 3. The van der Waals surface area contributed by atoms with E-state index in [1.54, 1.807) is 42.6 Å². The zero-order valence-electron chi connectivity index (χ0n) is 17.2. The van der Waals surface area contributed by atoms with E-state index < -0.39 is 15.9 Å². The average molecular weight is 449 g/mol. The summed E-state index contributed by atoms with van der Waals surface area (Å²) in [6.45, 7) is 0.389. The summed E-state index contributed by atoms with van der Waals surface area (Å²) in [5.41, 5.74) is 10.0. The summed E-state index contributed by atoms with van der Waals surface area (Å²) in [4.78, 5) is 11.6. The van der Waals surface area contributed by atoms with Gasteiger partial charge in [-0.2, -0.15) is 9.40 Å². The number of sulfonamides is 1. The molecule has 32 heavy (non-hydrogen) atoms. The van der Waals surface area contributed by atoms with Crippen LogP contribution in [-0.2, 0) is 23.1 Å². The smallest absolute Gasteiger partial charge is 0.248 e. The van der Waals surface area contributed by atoms with Gasteiger partial charge < -0.3 is 10.5 Å². The molecule has 1 aliphatic rings. The van der Waals surface area contributed by atoms with Crippen LogP contribution in [0.15, 0.2) is 65.7 Å². The van der Waals surface area contributed by atoms with Gasteiger partial charge in [-0.05, 0) is 58.7 Å². The highest BCUT2D eigenvalue weighted by atomic mass is 32.2. The van der Waals surface area contributed by atoms with Gasteiger partial charge in [0, 0.05) is 24.0 Å². The number of aromatic nitrogens is 2.